The summed E-state index contributed by atoms with van der Waals surface area (Å²) in [5, 5.41) is 9.36. The molecular weight excluding hydrogens is 282 g/mol. The summed E-state index contributed by atoms with van der Waals surface area (Å²) in [5.41, 5.74) is 0.885. The number of anilines is 1. The van der Waals surface area contributed by atoms with Crippen molar-refractivity contribution in [2.45, 2.75) is 6.54 Å². The summed E-state index contributed by atoms with van der Waals surface area (Å²) >= 11 is 5.72. The topological polar surface area (TPSA) is 88.9 Å². The second-order valence-electron chi connectivity index (χ2n) is 3.92. The second kappa shape index (κ2) is 6.16. The molecule has 2 rings (SSSR count). The molecule has 0 saturated carbocycles. The van der Waals surface area contributed by atoms with Crippen molar-refractivity contribution in [3.8, 4) is 0 Å². The molecule has 2 amide bonds. The molecule has 2 aromatic heterocycles. The fourth-order valence-corrected chi connectivity index (χ4v) is 1.66. The minimum atomic E-state index is -0.325. The summed E-state index contributed by atoms with van der Waals surface area (Å²) in [6.07, 6.45) is 4.48. The molecule has 0 spiro atoms. The molecular formula is C12H12ClN5O2. The first-order chi connectivity index (χ1) is 9.58. The Morgan fingerprint density at radius 2 is 2.25 bits per heavy atom. The van der Waals surface area contributed by atoms with E-state index in [4.69, 9.17) is 11.6 Å². The van der Waals surface area contributed by atoms with Crippen molar-refractivity contribution in [3.05, 3.63) is 41.4 Å². The van der Waals surface area contributed by atoms with Gasteiger partial charge in [0.1, 0.15) is 11.7 Å². The van der Waals surface area contributed by atoms with E-state index in [1.165, 1.54) is 23.1 Å². The molecule has 8 heteroatoms. The molecule has 0 radical (unpaired) electrons. The number of carbonyl (C=O) groups is 2. The van der Waals surface area contributed by atoms with E-state index in [2.05, 4.69) is 20.7 Å². The van der Waals surface area contributed by atoms with Gasteiger partial charge in [-0.2, -0.15) is 5.10 Å². The van der Waals surface area contributed by atoms with Crippen molar-refractivity contribution < 1.29 is 9.59 Å². The van der Waals surface area contributed by atoms with Crippen LogP contribution >= 0.6 is 11.6 Å². The lowest BCUT2D eigenvalue weighted by molar-refractivity contribution is -0.121. The largest absolute Gasteiger partial charge is 0.358 e. The number of likely N-dealkylation sites (N-methyl/N-ethyl adjacent to an activating group) is 1. The summed E-state index contributed by atoms with van der Waals surface area (Å²) in [4.78, 5) is 26.9. The Kier molecular flexibility index (Phi) is 4.31. The third-order valence-electron chi connectivity index (χ3n) is 2.46. The van der Waals surface area contributed by atoms with Gasteiger partial charge in [0.2, 0.25) is 5.91 Å². The van der Waals surface area contributed by atoms with Crippen molar-refractivity contribution >= 4 is 29.1 Å². The van der Waals surface area contributed by atoms with Gasteiger partial charge in [-0.1, -0.05) is 11.6 Å². The Balaban J connectivity index is 2.03. The molecule has 0 aliphatic heterocycles. The Morgan fingerprint density at radius 1 is 1.45 bits per heavy atom. The smallest absolute Gasteiger partial charge is 0.255 e. The summed E-state index contributed by atoms with van der Waals surface area (Å²) in [5.74, 6) is -0.499. The van der Waals surface area contributed by atoms with E-state index in [-0.39, 0.29) is 23.5 Å². The van der Waals surface area contributed by atoms with Crippen LogP contribution in [0.1, 0.15) is 10.4 Å². The number of nitrogens with one attached hydrogen (secondary N) is 2. The fourth-order valence-electron chi connectivity index (χ4n) is 1.49. The van der Waals surface area contributed by atoms with Gasteiger partial charge in [0, 0.05) is 25.0 Å². The first kappa shape index (κ1) is 14.0. The van der Waals surface area contributed by atoms with Crippen molar-refractivity contribution in [2.75, 3.05) is 12.4 Å². The number of amides is 2. The number of carbonyl (C=O) groups excluding carboxylic acids is 2. The Hall–Kier alpha value is -2.41. The molecule has 0 bridgehead atoms. The first-order valence-corrected chi connectivity index (χ1v) is 6.12. The molecule has 0 unspecified atom stereocenters. The Labute approximate surface area is 120 Å². The lowest BCUT2D eigenvalue weighted by Crippen LogP contribution is -2.23. The van der Waals surface area contributed by atoms with Crippen molar-refractivity contribution in [1.29, 1.82) is 0 Å². The van der Waals surface area contributed by atoms with E-state index in [9.17, 15) is 9.59 Å². The first-order valence-electron chi connectivity index (χ1n) is 5.74. The van der Waals surface area contributed by atoms with E-state index in [0.29, 0.717) is 11.3 Å². The normalized spacial score (nSPS) is 10.1. The SMILES string of the molecule is CNC(=O)Cn1cc(NC(=O)c2ccnc(Cl)c2)cn1. The van der Waals surface area contributed by atoms with Crippen LogP contribution in [0, 0.1) is 0 Å². The van der Waals surface area contributed by atoms with Crippen molar-refractivity contribution in [2.24, 2.45) is 0 Å². The third-order valence-corrected chi connectivity index (χ3v) is 2.67. The predicted molar refractivity (Wildman–Crippen MR) is 73.5 cm³/mol. The molecule has 2 aromatic rings. The Bertz CT molecular complexity index is 640. The van der Waals surface area contributed by atoms with Gasteiger partial charge in [-0.15, -0.1) is 0 Å². The molecule has 0 atom stereocenters. The highest BCUT2D eigenvalue weighted by Crippen LogP contribution is 2.11. The number of rotatable bonds is 4. The molecule has 0 aromatic carbocycles. The maximum Gasteiger partial charge on any atom is 0.255 e. The summed E-state index contributed by atoms with van der Waals surface area (Å²) in [6, 6.07) is 3.02. The monoisotopic (exact) mass is 293 g/mol. The highest BCUT2D eigenvalue weighted by Gasteiger charge is 2.09. The molecule has 104 valence electrons. The molecule has 7 nitrogen and oxygen atoms in total. The highest BCUT2D eigenvalue weighted by atomic mass is 35.5. The van der Waals surface area contributed by atoms with Crippen LogP contribution in [0.5, 0.6) is 0 Å². The molecule has 2 N–H and O–H groups in total. The predicted octanol–water partition coefficient (Wildman–Crippen LogP) is 0.930. The molecule has 0 aliphatic carbocycles. The van der Waals surface area contributed by atoms with Crippen LogP contribution in [-0.4, -0.2) is 33.6 Å². The van der Waals surface area contributed by atoms with E-state index < -0.39 is 0 Å². The second-order valence-corrected chi connectivity index (χ2v) is 4.31. The standard InChI is InChI=1S/C12H12ClN5O2/c1-14-11(19)7-18-6-9(5-16-18)17-12(20)8-2-3-15-10(13)4-8/h2-6H,7H2,1H3,(H,14,19)(H,17,20). The summed E-state index contributed by atoms with van der Waals surface area (Å²) in [6.45, 7) is 0.0907. The van der Waals surface area contributed by atoms with Gasteiger partial charge in [0.25, 0.3) is 5.91 Å². The van der Waals surface area contributed by atoms with Gasteiger partial charge in [-0.3, -0.25) is 14.3 Å². The van der Waals surface area contributed by atoms with E-state index in [0.717, 1.165) is 0 Å². The zero-order valence-corrected chi connectivity index (χ0v) is 11.4. The minimum Gasteiger partial charge on any atom is -0.358 e. The third kappa shape index (κ3) is 3.55. The maximum atomic E-state index is 11.9. The summed E-state index contributed by atoms with van der Waals surface area (Å²) in [7, 11) is 1.54. The van der Waals surface area contributed by atoms with Crippen LogP contribution in [0.15, 0.2) is 30.7 Å². The van der Waals surface area contributed by atoms with Gasteiger partial charge in [-0.25, -0.2) is 4.98 Å². The molecule has 2 heterocycles. The lowest BCUT2D eigenvalue weighted by Gasteiger charge is -2.02. The van der Waals surface area contributed by atoms with Crippen molar-refractivity contribution in [3.63, 3.8) is 0 Å². The van der Waals surface area contributed by atoms with E-state index in [1.54, 1.807) is 19.3 Å². The minimum absolute atomic E-state index is 0.0907. The fraction of sp³-hybridized carbons (Fsp3) is 0.167. The van der Waals surface area contributed by atoms with Gasteiger partial charge >= 0.3 is 0 Å². The molecule has 0 aliphatic rings. The van der Waals surface area contributed by atoms with Crippen LogP contribution in [0.25, 0.3) is 0 Å². The van der Waals surface area contributed by atoms with Gasteiger partial charge in [0.05, 0.1) is 11.9 Å². The van der Waals surface area contributed by atoms with Crippen LogP contribution in [0.4, 0.5) is 5.69 Å². The average molecular weight is 294 g/mol. The lowest BCUT2D eigenvalue weighted by atomic mass is 10.2. The Morgan fingerprint density at radius 3 is 2.95 bits per heavy atom. The van der Waals surface area contributed by atoms with Crippen LogP contribution in [0.3, 0.4) is 0 Å². The summed E-state index contributed by atoms with van der Waals surface area (Å²) < 4.78 is 1.42. The zero-order valence-electron chi connectivity index (χ0n) is 10.6. The highest BCUT2D eigenvalue weighted by molar-refractivity contribution is 6.29. The van der Waals surface area contributed by atoms with Gasteiger partial charge in [-0.05, 0) is 12.1 Å². The number of nitrogens with zero attached hydrogens (tertiary/aromatic N) is 3. The zero-order chi connectivity index (χ0) is 14.5. The van der Waals surface area contributed by atoms with Crippen LogP contribution < -0.4 is 10.6 Å². The molecule has 20 heavy (non-hydrogen) atoms. The maximum absolute atomic E-state index is 11.9. The molecule has 0 saturated heterocycles. The van der Waals surface area contributed by atoms with Crippen molar-refractivity contribution in [1.82, 2.24) is 20.1 Å². The van der Waals surface area contributed by atoms with Gasteiger partial charge in [0.15, 0.2) is 0 Å². The van der Waals surface area contributed by atoms with E-state index in [1.807, 2.05) is 0 Å². The van der Waals surface area contributed by atoms with Crippen LogP contribution in [0.2, 0.25) is 5.15 Å². The number of pyridine rings is 1. The molecule has 0 fully saturated rings. The van der Waals surface area contributed by atoms with Gasteiger partial charge < -0.3 is 10.6 Å². The van der Waals surface area contributed by atoms with E-state index >= 15 is 0 Å². The number of hydrogen-bond acceptors (Lipinski definition) is 4. The number of halogens is 1. The van der Waals surface area contributed by atoms with Crippen LogP contribution in [-0.2, 0) is 11.3 Å². The number of hydrogen-bond donors (Lipinski definition) is 2. The number of aromatic nitrogens is 3. The quantitative estimate of drug-likeness (QED) is 0.821. The average Bonchev–Trinajstić information content (AvgIpc) is 2.85.